The quantitative estimate of drug-likeness (QED) is 0.843. The topological polar surface area (TPSA) is 59.4 Å². The van der Waals surface area contributed by atoms with Gasteiger partial charge in [0.15, 0.2) is 11.4 Å². The maximum Gasteiger partial charge on any atom is 0.278 e. The van der Waals surface area contributed by atoms with Crippen LogP contribution in [0.15, 0.2) is 36.5 Å². The number of rotatable bonds is 7. The Balaban J connectivity index is 2.29. The van der Waals surface area contributed by atoms with E-state index in [0.29, 0.717) is 24.6 Å². The molecule has 0 aliphatic heterocycles. The Morgan fingerprint density at radius 2 is 2.09 bits per heavy atom. The number of ether oxygens (including phenoxy) is 1. The number of para-hydroxylation sites is 1. The van der Waals surface area contributed by atoms with E-state index in [1.54, 1.807) is 22.8 Å². The highest BCUT2D eigenvalue weighted by atomic mass is 16.5. The molecule has 1 aromatic heterocycles. The zero-order chi connectivity index (χ0) is 15.9. The van der Waals surface area contributed by atoms with Gasteiger partial charge in [-0.2, -0.15) is 5.10 Å². The summed E-state index contributed by atoms with van der Waals surface area (Å²) >= 11 is 0. The summed E-state index contributed by atoms with van der Waals surface area (Å²) in [4.78, 5) is 14.2. The van der Waals surface area contributed by atoms with Gasteiger partial charge in [-0.05, 0) is 26.1 Å². The minimum absolute atomic E-state index is 0.145. The van der Waals surface area contributed by atoms with Gasteiger partial charge in [0, 0.05) is 20.1 Å². The summed E-state index contributed by atoms with van der Waals surface area (Å²) in [6.07, 6.45) is 1.75. The standard InChI is InChI=1S/C16H22N4O2/c1-4-22-14-12-20(13-8-6-5-7-9-13)18-15(14)16(21)19(3)11-10-17-2/h5-9,12,17H,4,10-11H2,1-3H3. The van der Waals surface area contributed by atoms with Gasteiger partial charge in [0.05, 0.1) is 18.5 Å². The Bertz CT molecular complexity index is 610. The van der Waals surface area contributed by atoms with Gasteiger partial charge in [0.2, 0.25) is 0 Å². The fourth-order valence-electron chi connectivity index (χ4n) is 2.04. The van der Waals surface area contributed by atoms with Gasteiger partial charge in [-0.1, -0.05) is 18.2 Å². The molecule has 0 radical (unpaired) electrons. The summed E-state index contributed by atoms with van der Waals surface area (Å²) in [6, 6.07) is 9.66. The average Bonchev–Trinajstić information content (AvgIpc) is 2.97. The van der Waals surface area contributed by atoms with E-state index < -0.39 is 0 Å². The van der Waals surface area contributed by atoms with Crippen LogP contribution in [0.3, 0.4) is 0 Å². The number of benzene rings is 1. The van der Waals surface area contributed by atoms with E-state index in [1.807, 2.05) is 44.3 Å². The van der Waals surface area contributed by atoms with Crippen LogP contribution >= 0.6 is 0 Å². The minimum Gasteiger partial charge on any atom is -0.490 e. The second-order valence-electron chi connectivity index (χ2n) is 4.89. The molecule has 6 nitrogen and oxygen atoms in total. The van der Waals surface area contributed by atoms with Crippen molar-refractivity contribution in [3.63, 3.8) is 0 Å². The first-order valence-electron chi connectivity index (χ1n) is 7.35. The van der Waals surface area contributed by atoms with Crippen molar-refractivity contribution in [2.45, 2.75) is 6.92 Å². The molecule has 6 heteroatoms. The molecule has 0 fully saturated rings. The first-order chi connectivity index (χ1) is 10.7. The number of likely N-dealkylation sites (N-methyl/N-ethyl adjacent to an activating group) is 2. The monoisotopic (exact) mass is 302 g/mol. The Morgan fingerprint density at radius 3 is 2.73 bits per heavy atom. The molecule has 118 valence electrons. The fraction of sp³-hybridized carbons (Fsp3) is 0.375. The third kappa shape index (κ3) is 3.65. The largest absolute Gasteiger partial charge is 0.490 e. The Labute approximate surface area is 130 Å². The number of nitrogens with zero attached hydrogens (tertiary/aromatic N) is 3. The van der Waals surface area contributed by atoms with Crippen molar-refractivity contribution in [3.8, 4) is 11.4 Å². The maximum atomic E-state index is 12.5. The molecule has 0 aliphatic rings. The van der Waals surface area contributed by atoms with Crippen LogP contribution in [0.1, 0.15) is 17.4 Å². The normalized spacial score (nSPS) is 10.5. The van der Waals surface area contributed by atoms with Gasteiger partial charge in [0.25, 0.3) is 5.91 Å². The van der Waals surface area contributed by atoms with E-state index in [4.69, 9.17) is 4.74 Å². The molecule has 2 rings (SSSR count). The van der Waals surface area contributed by atoms with Crippen molar-refractivity contribution in [3.05, 3.63) is 42.2 Å². The molecular formula is C16H22N4O2. The van der Waals surface area contributed by atoms with Crippen LogP contribution in [0.2, 0.25) is 0 Å². The summed E-state index contributed by atoms with van der Waals surface area (Å²) in [6.45, 7) is 3.71. The summed E-state index contributed by atoms with van der Waals surface area (Å²) in [5.41, 5.74) is 1.23. The lowest BCUT2D eigenvalue weighted by Gasteiger charge is -2.16. The summed E-state index contributed by atoms with van der Waals surface area (Å²) in [5, 5.41) is 7.43. The second kappa shape index (κ2) is 7.61. The minimum atomic E-state index is -0.145. The highest BCUT2D eigenvalue weighted by Crippen LogP contribution is 2.21. The Kier molecular flexibility index (Phi) is 5.55. The number of hydrogen-bond acceptors (Lipinski definition) is 4. The summed E-state index contributed by atoms with van der Waals surface area (Å²) in [7, 11) is 3.62. The zero-order valence-electron chi connectivity index (χ0n) is 13.2. The molecule has 1 aromatic carbocycles. The van der Waals surface area contributed by atoms with E-state index in [2.05, 4.69) is 10.4 Å². The van der Waals surface area contributed by atoms with Crippen molar-refractivity contribution in [1.29, 1.82) is 0 Å². The van der Waals surface area contributed by atoms with Gasteiger partial charge in [-0.15, -0.1) is 0 Å². The van der Waals surface area contributed by atoms with Crippen molar-refractivity contribution in [2.24, 2.45) is 0 Å². The SMILES string of the molecule is CCOc1cn(-c2ccccc2)nc1C(=O)N(C)CCNC. The van der Waals surface area contributed by atoms with E-state index >= 15 is 0 Å². The molecule has 0 saturated carbocycles. The smallest absolute Gasteiger partial charge is 0.278 e. The van der Waals surface area contributed by atoms with Crippen LogP contribution in [0, 0.1) is 0 Å². The summed E-state index contributed by atoms with van der Waals surface area (Å²) in [5.74, 6) is 0.362. The summed E-state index contributed by atoms with van der Waals surface area (Å²) < 4.78 is 7.24. The molecule has 0 spiro atoms. The van der Waals surface area contributed by atoms with Crippen LogP contribution < -0.4 is 10.1 Å². The lowest BCUT2D eigenvalue weighted by Crippen LogP contribution is -2.33. The van der Waals surface area contributed by atoms with Gasteiger partial charge in [0.1, 0.15) is 0 Å². The Hall–Kier alpha value is -2.34. The lowest BCUT2D eigenvalue weighted by molar-refractivity contribution is 0.0786. The van der Waals surface area contributed by atoms with Crippen LogP contribution in [-0.2, 0) is 0 Å². The molecule has 1 N–H and O–H groups in total. The van der Waals surface area contributed by atoms with E-state index in [-0.39, 0.29) is 5.91 Å². The molecule has 0 aliphatic carbocycles. The van der Waals surface area contributed by atoms with Crippen molar-refractivity contribution in [1.82, 2.24) is 20.0 Å². The van der Waals surface area contributed by atoms with E-state index in [1.165, 1.54) is 0 Å². The highest BCUT2D eigenvalue weighted by molar-refractivity contribution is 5.94. The highest BCUT2D eigenvalue weighted by Gasteiger charge is 2.21. The lowest BCUT2D eigenvalue weighted by atomic mass is 10.3. The third-order valence-corrected chi connectivity index (χ3v) is 3.25. The van der Waals surface area contributed by atoms with Crippen LogP contribution in [0.25, 0.3) is 5.69 Å². The van der Waals surface area contributed by atoms with Crippen LogP contribution in [0.4, 0.5) is 0 Å². The Morgan fingerprint density at radius 1 is 1.36 bits per heavy atom. The number of carbonyl (C=O) groups is 1. The first-order valence-corrected chi connectivity index (χ1v) is 7.35. The molecule has 22 heavy (non-hydrogen) atoms. The predicted octanol–water partition coefficient (Wildman–Crippen LogP) is 1.56. The molecule has 1 heterocycles. The third-order valence-electron chi connectivity index (χ3n) is 3.25. The fourth-order valence-corrected chi connectivity index (χ4v) is 2.04. The molecule has 0 unspecified atom stereocenters. The number of amides is 1. The number of nitrogens with one attached hydrogen (secondary N) is 1. The van der Waals surface area contributed by atoms with Crippen LogP contribution in [-0.4, -0.2) is 54.4 Å². The second-order valence-corrected chi connectivity index (χ2v) is 4.89. The van der Waals surface area contributed by atoms with Crippen LogP contribution in [0.5, 0.6) is 5.75 Å². The van der Waals surface area contributed by atoms with Gasteiger partial charge >= 0.3 is 0 Å². The van der Waals surface area contributed by atoms with E-state index in [9.17, 15) is 4.79 Å². The van der Waals surface area contributed by atoms with Crippen molar-refractivity contribution >= 4 is 5.91 Å². The maximum absolute atomic E-state index is 12.5. The van der Waals surface area contributed by atoms with Gasteiger partial charge < -0.3 is 15.0 Å². The predicted molar refractivity (Wildman–Crippen MR) is 85.6 cm³/mol. The average molecular weight is 302 g/mol. The zero-order valence-corrected chi connectivity index (χ0v) is 13.2. The molecule has 0 saturated heterocycles. The van der Waals surface area contributed by atoms with Crippen molar-refractivity contribution < 1.29 is 9.53 Å². The number of carbonyl (C=O) groups excluding carboxylic acids is 1. The van der Waals surface area contributed by atoms with E-state index in [0.717, 1.165) is 12.2 Å². The first kappa shape index (κ1) is 16.0. The molecule has 2 aromatic rings. The van der Waals surface area contributed by atoms with Gasteiger partial charge in [-0.25, -0.2) is 4.68 Å². The molecular weight excluding hydrogens is 280 g/mol. The molecule has 1 amide bonds. The number of hydrogen-bond donors (Lipinski definition) is 1. The van der Waals surface area contributed by atoms with Gasteiger partial charge in [-0.3, -0.25) is 4.79 Å². The number of aromatic nitrogens is 2. The van der Waals surface area contributed by atoms with Crippen molar-refractivity contribution in [2.75, 3.05) is 33.8 Å². The molecule has 0 atom stereocenters. The molecule has 0 bridgehead atoms.